The number of aromatic hydroxyl groups is 1. The summed E-state index contributed by atoms with van der Waals surface area (Å²) in [4.78, 5) is 209. The predicted octanol–water partition coefficient (Wildman–Crippen LogP) is -1.67. The molecule has 2 fully saturated rings. The van der Waals surface area contributed by atoms with Gasteiger partial charge in [0.2, 0.25) is 76.8 Å². The van der Waals surface area contributed by atoms with Crippen LogP contribution in [0.3, 0.4) is 0 Å². The van der Waals surface area contributed by atoms with Gasteiger partial charge >= 0.3 is 5.97 Å². The number of hydrogen-bond donors (Lipinski definition) is 21. The molecule has 13 amide bonds. The van der Waals surface area contributed by atoms with Crippen molar-refractivity contribution in [3.05, 3.63) is 173 Å². The highest BCUT2D eigenvalue weighted by Crippen LogP contribution is 2.25. The van der Waals surface area contributed by atoms with Crippen molar-refractivity contribution in [2.24, 2.45) is 11.5 Å². The Balaban J connectivity index is 1.26. The molecule has 6 aromatic rings. The van der Waals surface area contributed by atoms with E-state index in [1.807, 2.05) is 13.8 Å². The minimum absolute atomic E-state index is 0.0620. The van der Waals surface area contributed by atoms with E-state index < -0.39 is 206 Å². The second-order valence-electron chi connectivity index (χ2n) is 29.5. The van der Waals surface area contributed by atoms with Gasteiger partial charge in [-0.25, -0.2) is 4.79 Å². The van der Waals surface area contributed by atoms with Crippen LogP contribution in [0.5, 0.6) is 5.75 Å². The molecule has 1 aromatic heterocycles. The van der Waals surface area contributed by atoms with Crippen molar-refractivity contribution in [2.45, 2.75) is 189 Å². The van der Waals surface area contributed by atoms with E-state index in [1.165, 1.54) is 31.2 Å². The molecule has 37 heteroatoms. The van der Waals surface area contributed by atoms with E-state index in [0.29, 0.717) is 51.7 Å². The minimum atomic E-state index is -1.95. The summed E-state index contributed by atoms with van der Waals surface area (Å²) in [7, 11) is 1.64. The number of phenols is 1. The molecule has 35 nitrogen and oxygen atoms in total. The van der Waals surface area contributed by atoms with Crippen LogP contribution >= 0.6 is 21.6 Å². The summed E-state index contributed by atoms with van der Waals surface area (Å²) < 4.78 is 0. The van der Waals surface area contributed by atoms with Crippen molar-refractivity contribution in [2.75, 3.05) is 37.7 Å². The normalized spacial score (nSPS) is 23.4. The van der Waals surface area contributed by atoms with Gasteiger partial charge in [-0.3, -0.25) is 62.3 Å². The smallest absolute Gasteiger partial charge is 0.327 e. The number of fused-ring (bicyclic) bond motifs is 12. The maximum absolute atomic E-state index is 15.6. The number of hydrogen-bond acceptors (Lipinski definition) is 22. The van der Waals surface area contributed by atoms with E-state index in [1.54, 1.807) is 115 Å². The summed E-state index contributed by atoms with van der Waals surface area (Å²) >= 11 is 0. The fraction of sp³-hybridized carbons (Fsp3) is 0.439. The Kier molecular flexibility index (Phi) is 36.9. The molecule has 2 bridgehead atoms. The third kappa shape index (κ3) is 30.1. The second kappa shape index (κ2) is 47.2. The molecular formula is C82H107N17O18S2. The van der Waals surface area contributed by atoms with E-state index in [0.717, 1.165) is 27.2 Å². The standard InChI is InChI=1S/C82H107N17O18S2/c1-46(2)87-41-52-23-21-51(22-24-52)39-63-78(112)99-70(47(3)101)81(115)95-62(38-49-16-8-5-9-17-49)76(110)91-60-31-34-85-69(104)32-35-86-68(103)30-29-59(73(107)94-64(77(111)93-63)40-53-42-88-57-19-11-10-18-55(53)57)90-75(109)61(37-48-14-6-4-7-15-48)92-72(106)58(20-12-13-33-83)89-80(114)66(97-71(105)56(84)36-50-25-27-54(102)28-26-50)44-118-119-45-67(82(116)117)98-79(113)65(43-100)96-74(60)108/h4-11,14-19,21-28,42,46-47,56,58-67,70,87-88,100-102H,12-13,20,29-41,43-45,83-84H2,1-3H3,(H,85,104)(H,86,103)(H,89,114)(H,90,109)(H,91,110)(H,92,106)(H,93,111)(H,94,107)(H,95,115)(H,96,108)(H,97,105)(H,98,113)(H,99,112)(H,116,117)/t47-,56+,58+,59+,60+,61+,62+,63+,64-,65+,66+,67+,70-/m1/s1. The Morgan fingerprint density at radius 1 is 0.504 bits per heavy atom. The first-order valence-electron chi connectivity index (χ1n) is 39.4. The van der Waals surface area contributed by atoms with Crippen molar-refractivity contribution in [3.63, 3.8) is 0 Å². The number of rotatable bonds is 22. The lowest BCUT2D eigenvalue weighted by molar-refractivity contribution is -0.142. The number of aliphatic hydroxyl groups is 2. The number of para-hydroxylation sites is 1. The fourth-order valence-corrected chi connectivity index (χ4v) is 15.3. The van der Waals surface area contributed by atoms with Gasteiger partial charge in [-0.1, -0.05) is 151 Å². The topological polar surface area (TPSA) is 556 Å². The molecule has 23 N–H and O–H groups in total. The molecule has 2 aliphatic heterocycles. The second-order valence-corrected chi connectivity index (χ2v) is 32.0. The van der Waals surface area contributed by atoms with Crippen molar-refractivity contribution in [1.29, 1.82) is 0 Å². The molecule has 0 radical (unpaired) electrons. The molecule has 2 aliphatic rings. The highest BCUT2D eigenvalue weighted by molar-refractivity contribution is 8.76. The van der Waals surface area contributed by atoms with Gasteiger partial charge in [0.05, 0.1) is 18.8 Å². The van der Waals surface area contributed by atoms with Gasteiger partial charge < -0.3 is 111 Å². The van der Waals surface area contributed by atoms with Crippen LogP contribution in [0.25, 0.3) is 10.9 Å². The number of aromatic amines is 1. The number of aromatic nitrogens is 1. The van der Waals surface area contributed by atoms with Crippen molar-refractivity contribution >= 4 is 115 Å². The van der Waals surface area contributed by atoms with Gasteiger partial charge in [0.25, 0.3) is 0 Å². The Morgan fingerprint density at radius 2 is 0.992 bits per heavy atom. The van der Waals surface area contributed by atoms with Crippen molar-refractivity contribution in [3.8, 4) is 5.75 Å². The van der Waals surface area contributed by atoms with Crippen LogP contribution in [0.15, 0.2) is 140 Å². The van der Waals surface area contributed by atoms with E-state index in [2.05, 4.69) is 79.4 Å². The fourth-order valence-electron chi connectivity index (χ4n) is 13.0. The van der Waals surface area contributed by atoms with Crippen LogP contribution in [0, 0.1) is 0 Å². The number of H-pyrrole nitrogens is 1. The third-order valence-corrected chi connectivity index (χ3v) is 22.1. The van der Waals surface area contributed by atoms with Crippen LogP contribution in [-0.4, -0.2) is 231 Å². The minimum Gasteiger partial charge on any atom is -0.508 e. The first-order valence-corrected chi connectivity index (χ1v) is 41.8. The number of aliphatic carboxylic acids is 1. The van der Waals surface area contributed by atoms with Crippen molar-refractivity contribution in [1.82, 2.24) is 79.4 Å². The lowest BCUT2D eigenvalue weighted by atomic mass is 9.99. The summed E-state index contributed by atoms with van der Waals surface area (Å²) in [5, 5.41) is 80.6. The lowest BCUT2D eigenvalue weighted by Gasteiger charge is -2.29. The van der Waals surface area contributed by atoms with Gasteiger partial charge in [0, 0.05) is 92.8 Å². The molecule has 119 heavy (non-hydrogen) atoms. The molecule has 0 aliphatic carbocycles. The van der Waals surface area contributed by atoms with Gasteiger partial charge in [0.15, 0.2) is 0 Å². The number of nitrogens with two attached hydrogens (primary N) is 2. The number of unbranched alkanes of at least 4 members (excludes halogenated alkanes) is 1. The Hall–Kier alpha value is -11.5. The summed E-state index contributed by atoms with van der Waals surface area (Å²) in [6, 6.07) is 16.2. The van der Waals surface area contributed by atoms with Gasteiger partial charge in [-0.2, -0.15) is 0 Å². The quantitative estimate of drug-likeness (QED) is 0.0267. The number of carboxylic acid groups (broad SMARTS) is 1. The van der Waals surface area contributed by atoms with Crippen LogP contribution in [0.2, 0.25) is 0 Å². The number of phenolic OH excluding ortho intramolecular Hbond substituents is 1. The maximum Gasteiger partial charge on any atom is 0.327 e. The molecule has 8 rings (SSSR count). The van der Waals surface area contributed by atoms with Gasteiger partial charge in [-0.15, -0.1) is 0 Å². The van der Waals surface area contributed by atoms with Crippen LogP contribution < -0.4 is 85.9 Å². The largest absolute Gasteiger partial charge is 0.508 e. The summed E-state index contributed by atoms with van der Waals surface area (Å²) in [5.74, 6) is -15.6. The molecule has 3 heterocycles. The van der Waals surface area contributed by atoms with Crippen LogP contribution in [0.1, 0.15) is 99.1 Å². The Bertz CT molecular complexity index is 4450. The van der Waals surface area contributed by atoms with E-state index in [4.69, 9.17) is 11.5 Å². The average Bonchev–Trinajstić information content (AvgIpc) is 1.72. The first-order chi connectivity index (χ1) is 57.0. The first kappa shape index (κ1) is 93.0. The highest BCUT2D eigenvalue weighted by atomic mass is 33.1. The van der Waals surface area contributed by atoms with Crippen molar-refractivity contribution < 1.29 is 87.5 Å². The van der Waals surface area contributed by atoms with Gasteiger partial charge in [-0.05, 0) is 104 Å². The molecule has 0 spiro atoms. The molecular weight excluding hydrogens is 1580 g/mol. The number of benzene rings is 5. The summed E-state index contributed by atoms with van der Waals surface area (Å²) in [6.07, 6.45) is -3.04. The molecule has 2 saturated heterocycles. The zero-order valence-electron chi connectivity index (χ0n) is 66.3. The van der Waals surface area contributed by atoms with E-state index in [9.17, 15) is 63.6 Å². The molecule has 5 aromatic carbocycles. The van der Waals surface area contributed by atoms with Gasteiger partial charge in [0.1, 0.15) is 72.2 Å². The Labute approximate surface area is 695 Å². The predicted molar refractivity (Wildman–Crippen MR) is 444 cm³/mol. The van der Waals surface area contributed by atoms with Crippen LogP contribution in [0.4, 0.5) is 0 Å². The number of aliphatic hydroxyl groups excluding tert-OH is 2. The SMILES string of the molecule is CC(C)NCc1ccc(C[C@@H]2NC(=O)[C@@H](Cc3c[nH]c4ccccc34)NC(=O)[C@@H]3CCC(=O)NCCC(=O)NCC[C@H](NC(=O)[C@H](Cc4ccccc4)NC(=O)[C@@H]([C@@H](C)O)NC2=O)C(=O)N[C@@H](CO)C(=O)N[C@H](C(=O)O)CSSC[C@H](NC(=O)[C@@H](N)Cc2ccc(O)cc2)C(=O)N[C@@H](CCCCN)C(=O)N[C@@H](Cc2ccccc2)C(=O)N3)cc1. The molecule has 0 unspecified atom stereocenters. The lowest BCUT2D eigenvalue weighted by Crippen LogP contribution is -2.63. The monoisotopic (exact) mass is 1680 g/mol. The Morgan fingerprint density at radius 3 is 1.59 bits per heavy atom. The number of nitrogens with one attached hydrogen (secondary N) is 15. The maximum atomic E-state index is 15.6. The van der Waals surface area contributed by atoms with E-state index >= 15 is 24.0 Å². The van der Waals surface area contributed by atoms with E-state index in [-0.39, 0.29) is 75.6 Å². The molecule has 640 valence electrons. The summed E-state index contributed by atoms with van der Waals surface area (Å²) in [6.45, 7) is 3.79. The van der Waals surface area contributed by atoms with Crippen LogP contribution in [-0.2, 0) is 106 Å². The third-order valence-electron chi connectivity index (χ3n) is 19.7. The molecule has 13 atom stereocenters. The summed E-state index contributed by atoms with van der Waals surface area (Å²) in [5.41, 5.74) is 16.2. The average molecular weight is 1680 g/mol. The highest BCUT2D eigenvalue weighted by Gasteiger charge is 2.39. The molecule has 0 saturated carbocycles. The zero-order chi connectivity index (χ0) is 86.1. The number of carboxylic acids is 1. The zero-order valence-corrected chi connectivity index (χ0v) is 67.9. The number of carbonyl (C=O) groups is 14. The number of carbonyl (C=O) groups excluding carboxylic acids is 13. The number of amides is 13.